The van der Waals surface area contributed by atoms with Gasteiger partial charge in [-0.15, -0.1) is 0 Å². The molecule has 6 heteroatoms. The fourth-order valence-corrected chi connectivity index (χ4v) is 2.15. The first kappa shape index (κ1) is 12.2. The average molecular weight is 312 g/mol. The number of hydrogen-bond donors (Lipinski definition) is 1. The van der Waals surface area contributed by atoms with Gasteiger partial charge in [0.25, 0.3) is 0 Å². The van der Waals surface area contributed by atoms with Crippen LogP contribution in [0.25, 0.3) is 0 Å². The number of anilines is 1. The number of nitrogens with zero attached hydrogens (tertiary/aromatic N) is 2. The Kier molecular flexibility index (Phi) is 3.86. The fraction of sp³-hybridized carbons (Fsp3) is 0.0909. The summed E-state index contributed by atoms with van der Waals surface area (Å²) in [4.78, 5) is 8.52. The van der Waals surface area contributed by atoms with Crippen molar-refractivity contribution in [2.24, 2.45) is 0 Å². The van der Waals surface area contributed by atoms with Crippen LogP contribution < -0.4 is 10.5 Å². The SMILES string of the molecule is COc1ccc(N)c(Sc2ccc(Br)cn2)n1. The minimum atomic E-state index is 0.541. The molecule has 0 aliphatic rings. The summed E-state index contributed by atoms with van der Waals surface area (Å²) >= 11 is 4.74. The van der Waals surface area contributed by atoms with Crippen molar-refractivity contribution in [2.45, 2.75) is 10.1 Å². The smallest absolute Gasteiger partial charge is 0.214 e. The molecular weight excluding hydrogens is 302 g/mol. The molecule has 0 bridgehead atoms. The molecule has 4 nitrogen and oxygen atoms in total. The van der Waals surface area contributed by atoms with Gasteiger partial charge in [0.2, 0.25) is 5.88 Å². The van der Waals surface area contributed by atoms with Gasteiger partial charge in [0.15, 0.2) is 0 Å². The molecule has 0 aliphatic carbocycles. The van der Waals surface area contributed by atoms with E-state index in [9.17, 15) is 0 Å². The maximum Gasteiger partial charge on any atom is 0.214 e. The number of nitrogens with two attached hydrogens (primary N) is 1. The predicted molar refractivity (Wildman–Crippen MR) is 71.3 cm³/mol. The Balaban J connectivity index is 2.25. The topological polar surface area (TPSA) is 61.0 Å². The monoisotopic (exact) mass is 311 g/mol. The summed E-state index contributed by atoms with van der Waals surface area (Å²) in [5.41, 5.74) is 6.46. The normalized spacial score (nSPS) is 10.2. The quantitative estimate of drug-likeness (QED) is 0.944. The van der Waals surface area contributed by atoms with Crippen LogP contribution in [0.3, 0.4) is 0 Å². The molecule has 2 heterocycles. The highest BCUT2D eigenvalue weighted by molar-refractivity contribution is 9.10. The van der Waals surface area contributed by atoms with Gasteiger partial charge in [-0.2, -0.15) is 0 Å². The third-order valence-corrected chi connectivity index (χ3v) is 3.41. The molecule has 0 spiro atoms. The highest BCUT2D eigenvalue weighted by atomic mass is 79.9. The first-order chi connectivity index (χ1) is 8.19. The Labute approximate surface area is 112 Å². The zero-order valence-electron chi connectivity index (χ0n) is 9.05. The van der Waals surface area contributed by atoms with E-state index in [1.807, 2.05) is 12.1 Å². The van der Waals surface area contributed by atoms with Gasteiger partial charge in [-0.3, -0.25) is 0 Å². The lowest BCUT2D eigenvalue weighted by Gasteiger charge is -2.05. The second kappa shape index (κ2) is 5.37. The van der Waals surface area contributed by atoms with Gasteiger partial charge in [-0.05, 0) is 45.9 Å². The molecule has 0 radical (unpaired) electrons. The standard InChI is InChI=1S/C11H10BrN3OS/c1-16-9-4-3-8(13)11(15-9)17-10-5-2-7(12)6-14-10/h2-6H,13H2,1H3. The summed E-state index contributed by atoms with van der Waals surface area (Å²) in [5.74, 6) is 0.541. The highest BCUT2D eigenvalue weighted by Gasteiger charge is 2.06. The minimum absolute atomic E-state index is 0.541. The fourth-order valence-electron chi connectivity index (χ4n) is 1.15. The molecule has 0 fully saturated rings. The molecule has 0 saturated heterocycles. The van der Waals surface area contributed by atoms with Crippen LogP contribution in [-0.4, -0.2) is 17.1 Å². The Morgan fingerprint density at radius 2 is 2.12 bits per heavy atom. The molecule has 2 rings (SSSR count). The van der Waals surface area contributed by atoms with Gasteiger partial charge < -0.3 is 10.5 Å². The number of methoxy groups -OCH3 is 1. The largest absolute Gasteiger partial charge is 0.481 e. The van der Waals surface area contributed by atoms with Crippen LogP contribution in [0.4, 0.5) is 5.69 Å². The van der Waals surface area contributed by atoms with Gasteiger partial charge in [0.1, 0.15) is 10.1 Å². The maximum atomic E-state index is 5.85. The minimum Gasteiger partial charge on any atom is -0.481 e. The lowest BCUT2D eigenvalue weighted by atomic mass is 10.4. The van der Waals surface area contributed by atoms with E-state index in [2.05, 4.69) is 25.9 Å². The van der Waals surface area contributed by atoms with Crippen molar-refractivity contribution in [3.8, 4) is 5.88 Å². The van der Waals surface area contributed by atoms with Crippen molar-refractivity contribution in [3.63, 3.8) is 0 Å². The lowest BCUT2D eigenvalue weighted by molar-refractivity contribution is 0.395. The van der Waals surface area contributed by atoms with E-state index >= 15 is 0 Å². The van der Waals surface area contributed by atoms with Gasteiger partial charge >= 0.3 is 0 Å². The van der Waals surface area contributed by atoms with E-state index in [0.29, 0.717) is 16.6 Å². The average Bonchev–Trinajstić information content (AvgIpc) is 2.35. The lowest BCUT2D eigenvalue weighted by Crippen LogP contribution is -1.95. The molecule has 0 saturated carbocycles. The van der Waals surface area contributed by atoms with Crippen molar-refractivity contribution in [1.29, 1.82) is 0 Å². The van der Waals surface area contributed by atoms with Crippen molar-refractivity contribution in [1.82, 2.24) is 9.97 Å². The Hall–Kier alpha value is -1.27. The van der Waals surface area contributed by atoms with Gasteiger partial charge in [0.05, 0.1) is 12.8 Å². The maximum absolute atomic E-state index is 5.85. The van der Waals surface area contributed by atoms with Gasteiger partial charge in [-0.1, -0.05) is 0 Å². The summed E-state index contributed by atoms with van der Waals surface area (Å²) in [6.45, 7) is 0. The third-order valence-electron chi connectivity index (χ3n) is 1.97. The van der Waals surface area contributed by atoms with Crippen LogP contribution in [0.1, 0.15) is 0 Å². The highest BCUT2D eigenvalue weighted by Crippen LogP contribution is 2.30. The zero-order chi connectivity index (χ0) is 12.3. The summed E-state index contributed by atoms with van der Waals surface area (Å²) in [6, 6.07) is 7.32. The van der Waals surface area contributed by atoms with Crippen LogP contribution >= 0.6 is 27.7 Å². The Bertz CT molecular complexity index is 519. The number of rotatable bonds is 3. The van der Waals surface area contributed by atoms with Crippen molar-refractivity contribution >= 4 is 33.4 Å². The number of nitrogen functional groups attached to an aromatic ring is 1. The van der Waals surface area contributed by atoms with Crippen molar-refractivity contribution in [2.75, 3.05) is 12.8 Å². The van der Waals surface area contributed by atoms with E-state index in [0.717, 1.165) is 9.50 Å². The summed E-state index contributed by atoms with van der Waals surface area (Å²) < 4.78 is 6.00. The molecule has 0 aliphatic heterocycles. The first-order valence-corrected chi connectivity index (χ1v) is 6.40. The molecule has 2 N–H and O–H groups in total. The van der Waals surface area contributed by atoms with Crippen LogP contribution in [0.5, 0.6) is 5.88 Å². The van der Waals surface area contributed by atoms with E-state index in [1.54, 1.807) is 25.4 Å². The number of halogens is 1. The molecule has 0 amide bonds. The van der Waals surface area contributed by atoms with Crippen LogP contribution in [-0.2, 0) is 0 Å². The number of ether oxygens (including phenoxy) is 1. The van der Waals surface area contributed by atoms with Crippen molar-refractivity contribution in [3.05, 3.63) is 34.9 Å². The second-order valence-corrected chi connectivity index (χ2v) is 5.09. The third kappa shape index (κ3) is 3.10. The molecule has 17 heavy (non-hydrogen) atoms. The molecule has 0 unspecified atom stereocenters. The van der Waals surface area contributed by atoms with Crippen molar-refractivity contribution < 1.29 is 4.74 Å². The summed E-state index contributed by atoms with van der Waals surface area (Å²) in [7, 11) is 1.57. The Morgan fingerprint density at radius 3 is 2.76 bits per heavy atom. The second-order valence-electron chi connectivity index (χ2n) is 3.16. The van der Waals surface area contributed by atoms with E-state index < -0.39 is 0 Å². The number of pyridine rings is 2. The van der Waals surface area contributed by atoms with Crippen LogP contribution in [0.2, 0.25) is 0 Å². The van der Waals surface area contributed by atoms with Crippen LogP contribution in [0, 0.1) is 0 Å². The predicted octanol–water partition coefficient (Wildman–Crippen LogP) is 2.98. The molecule has 2 aromatic heterocycles. The number of aromatic nitrogens is 2. The zero-order valence-corrected chi connectivity index (χ0v) is 11.5. The Morgan fingerprint density at radius 1 is 1.29 bits per heavy atom. The molecule has 0 aromatic carbocycles. The summed E-state index contributed by atoms with van der Waals surface area (Å²) in [6.07, 6.45) is 1.73. The van der Waals surface area contributed by atoms with E-state index in [-0.39, 0.29) is 0 Å². The van der Waals surface area contributed by atoms with Crippen LogP contribution in [0.15, 0.2) is 45.0 Å². The molecule has 0 atom stereocenters. The van der Waals surface area contributed by atoms with E-state index in [4.69, 9.17) is 10.5 Å². The molecular formula is C11H10BrN3OS. The van der Waals surface area contributed by atoms with Gasteiger partial charge in [-0.25, -0.2) is 9.97 Å². The van der Waals surface area contributed by atoms with E-state index in [1.165, 1.54) is 11.8 Å². The van der Waals surface area contributed by atoms with Gasteiger partial charge in [0, 0.05) is 16.7 Å². The number of hydrogen-bond acceptors (Lipinski definition) is 5. The molecule has 2 aromatic rings. The molecule has 88 valence electrons. The first-order valence-electron chi connectivity index (χ1n) is 4.79. The summed E-state index contributed by atoms with van der Waals surface area (Å²) in [5, 5.41) is 1.53.